The molecule has 1 amide bonds. The summed E-state index contributed by atoms with van der Waals surface area (Å²) in [7, 11) is 3.20. The van der Waals surface area contributed by atoms with Gasteiger partial charge in [-0.25, -0.2) is 4.79 Å². The molecular weight excluding hydrogens is 644 g/mol. The largest absolute Gasteiger partial charge is 0.492 e. The number of fused-ring (bicyclic) bond motifs is 8. The lowest BCUT2D eigenvalue weighted by molar-refractivity contribution is -0.152. The van der Waals surface area contributed by atoms with Crippen LogP contribution in [-0.4, -0.2) is 103 Å². The van der Waals surface area contributed by atoms with Crippen LogP contribution in [0.5, 0.6) is 17.2 Å². The Morgan fingerprint density at radius 1 is 1.06 bits per heavy atom. The van der Waals surface area contributed by atoms with Crippen LogP contribution in [0.15, 0.2) is 22.5 Å². The minimum absolute atomic E-state index is 0.0305. The molecule has 0 radical (unpaired) electrons. The summed E-state index contributed by atoms with van der Waals surface area (Å²) in [6, 6.07) is -2.12. The van der Waals surface area contributed by atoms with Crippen molar-refractivity contribution in [2.45, 2.75) is 75.6 Å². The summed E-state index contributed by atoms with van der Waals surface area (Å²) in [5.74, 6) is -1.31. The molecule has 14 nitrogen and oxygen atoms in total. The van der Waals surface area contributed by atoms with Crippen LogP contribution in [0.25, 0.3) is 0 Å². The standard InChI is InChI=1S/C33H34N4O10S/c1-12-26(40)16-7-18-19(8-34)37-20-9-44-33(42)17(35-14(3)38)10-48-32(25(37)24(36(18)5)21(16)27(41)29(12)43-6)23-22(20)31-30(45-11-46-31)13(2)28(23)47-15(4)39/h17-20,24-25,32H,7,9-11H2,1-6H3,(H,35,38)/t17?,18?,19-,20-,24?,25+,32+/m0/s1. The van der Waals surface area contributed by atoms with Crippen LogP contribution in [0.1, 0.15) is 55.2 Å². The lowest BCUT2D eigenvalue weighted by Gasteiger charge is -2.62. The number of hydrogen-bond donors (Lipinski definition) is 1. The summed E-state index contributed by atoms with van der Waals surface area (Å²) in [5, 5.41) is 12.9. The quantitative estimate of drug-likeness (QED) is 0.277. The third kappa shape index (κ3) is 4.49. The van der Waals surface area contributed by atoms with Gasteiger partial charge in [-0.1, -0.05) is 0 Å². The van der Waals surface area contributed by atoms with Crippen molar-refractivity contribution in [2.75, 3.05) is 33.3 Å². The number of ketones is 2. The van der Waals surface area contributed by atoms with Crippen LogP contribution in [0, 0.1) is 18.3 Å². The summed E-state index contributed by atoms with van der Waals surface area (Å²) in [6.45, 7) is 5.57. The second-order valence-corrected chi connectivity index (χ2v) is 13.9. The van der Waals surface area contributed by atoms with Crippen molar-refractivity contribution in [1.82, 2.24) is 15.1 Å². The fourth-order valence-corrected chi connectivity index (χ4v) is 9.82. The highest BCUT2D eigenvalue weighted by molar-refractivity contribution is 7.99. The Morgan fingerprint density at radius 3 is 2.46 bits per heavy atom. The van der Waals surface area contributed by atoms with Crippen molar-refractivity contribution < 1.29 is 47.7 Å². The molecule has 0 saturated carbocycles. The zero-order chi connectivity index (χ0) is 34.3. The van der Waals surface area contributed by atoms with Gasteiger partial charge in [0.25, 0.3) is 0 Å². The molecule has 6 aliphatic rings. The third-order valence-electron chi connectivity index (χ3n) is 10.2. The lowest BCUT2D eigenvalue weighted by Crippen LogP contribution is -2.73. The van der Waals surface area contributed by atoms with E-state index in [1.54, 1.807) is 13.8 Å². The number of cyclic esters (lactones) is 1. The molecule has 1 aromatic carbocycles. The summed E-state index contributed by atoms with van der Waals surface area (Å²) in [6.07, 6.45) is 0.148. The van der Waals surface area contributed by atoms with Gasteiger partial charge >= 0.3 is 11.9 Å². The van der Waals surface area contributed by atoms with Gasteiger partial charge in [-0.3, -0.25) is 29.0 Å². The predicted octanol–water partition coefficient (Wildman–Crippen LogP) is 1.56. The maximum absolute atomic E-state index is 14.3. The molecule has 7 rings (SSSR count). The Labute approximate surface area is 280 Å². The Hall–Kier alpha value is -4.39. The molecular formula is C33H34N4O10S. The fraction of sp³-hybridized carbons (Fsp3) is 0.515. The van der Waals surface area contributed by atoms with Gasteiger partial charge in [-0.15, -0.1) is 11.8 Å². The zero-order valence-corrected chi connectivity index (χ0v) is 28.0. The average Bonchev–Trinajstić information content (AvgIpc) is 3.53. The summed E-state index contributed by atoms with van der Waals surface area (Å²) in [4.78, 5) is 70.2. The maximum Gasteiger partial charge on any atom is 0.329 e. The summed E-state index contributed by atoms with van der Waals surface area (Å²) in [5.41, 5.74) is 2.52. The highest BCUT2D eigenvalue weighted by Crippen LogP contribution is 2.62. The SMILES string of the molecule is COC1=C(C)C(=O)C2=C(C1=O)C1[C@@H]3[C@@H]4SCC(NC(C)=O)C(=O)OC[C@@H](c5c6c(c(C)c(OC(C)=O)c54)OCO6)N3[C@@H](C#N)C(C2)N1C. The molecule has 0 aromatic heterocycles. The van der Waals surface area contributed by atoms with Crippen LogP contribution in [-0.2, 0) is 33.4 Å². The molecule has 2 saturated heterocycles. The second-order valence-electron chi connectivity index (χ2n) is 12.7. The molecule has 1 N–H and O–H groups in total. The molecule has 4 bridgehead atoms. The highest BCUT2D eigenvalue weighted by Gasteiger charge is 2.62. The van der Waals surface area contributed by atoms with Crippen LogP contribution >= 0.6 is 11.8 Å². The number of carbonyl (C=O) groups is 5. The molecule has 15 heteroatoms. The number of benzene rings is 1. The topological polar surface area (TPSA) is 174 Å². The van der Waals surface area contributed by atoms with Gasteiger partial charge in [0.05, 0.1) is 30.5 Å². The first kappa shape index (κ1) is 32.2. The van der Waals surface area contributed by atoms with E-state index >= 15 is 0 Å². The van der Waals surface area contributed by atoms with Gasteiger partial charge < -0.3 is 29.0 Å². The number of rotatable bonds is 3. The fourth-order valence-electron chi connectivity index (χ4n) is 8.32. The van der Waals surface area contributed by atoms with Crippen molar-refractivity contribution in [3.63, 3.8) is 0 Å². The number of carbonyl (C=O) groups excluding carboxylic acids is 5. The van der Waals surface area contributed by atoms with E-state index in [1.165, 1.54) is 32.7 Å². The number of allylic oxidation sites excluding steroid dienone is 2. The smallest absolute Gasteiger partial charge is 0.329 e. The number of ether oxygens (including phenoxy) is 5. The van der Waals surface area contributed by atoms with E-state index < -0.39 is 65.1 Å². The van der Waals surface area contributed by atoms with E-state index in [-0.39, 0.29) is 48.4 Å². The number of esters is 2. The number of thioether (sulfide) groups is 1. The number of nitriles is 1. The van der Waals surface area contributed by atoms with Crippen molar-refractivity contribution in [1.29, 1.82) is 5.26 Å². The third-order valence-corrected chi connectivity index (χ3v) is 11.6. The number of Topliss-reactive ketones (excluding diaryl/α,β-unsaturated/α-hetero) is 2. The van der Waals surface area contributed by atoms with Gasteiger partial charge in [0.15, 0.2) is 23.0 Å². The monoisotopic (exact) mass is 678 g/mol. The van der Waals surface area contributed by atoms with E-state index in [9.17, 15) is 29.2 Å². The number of amides is 1. The molecule has 7 atom stereocenters. The van der Waals surface area contributed by atoms with E-state index in [1.807, 2.05) is 16.8 Å². The summed E-state index contributed by atoms with van der Waals surface area (Å²) >= 11 is 1.30. The zero-order valence-electron chi connectivity index (χ0n) is 27.2. The first-order valence-electron chi connectivity index (χ1n) is 15.6. The number of hydrogen-bond acceptors (Lipinski definition) is 14. The minimum Gasteiger partial charge on any atom is -0.492 e. The normalized spacial score (nSPS) is 30.9. The van der Waals surface area contributed by atoms with E-state index in [4.69, 9.17) is 23.7 Å². The molecule has 5 heterocycles. The highest BCUT2D eigenvalue weighted by atomic mass is 32.2. The van der Waals surface area contributed by atoms with E-state index in [2.05, 4.69) is 11.4 Å². The molecule has 2 fully saturated rings. The Morgan fingerprint density at radius 2 is 1.79 bits per heavy atom. The Kier molecular flexibility index (Phi) is 7.80. The number of nitrogens with zero attached hydrogens (tertiary/aromatic N) is 3. The first-order valence-corrected chi connectivity index (χ1v) is 16.6. The number of methoxy groups -OCH3 is 1. The number of piperazine rings is 1. The second kappa shape index (κ2) is 11.6. The molecule has 1 aliphatic carbocycles. The van der Waals surface area contributed by atoms with E-state index in [0.717, 1.165) is 0 Å². The van der Waals surface area contributed by atoms with Crippen LogP contribution in [0.4, 0.5) is 0 Å². The summed E-state index contributed by atoms with van der Waals surface area (Å²) < 4.78 is 29.3. The Balaban J connectivity index is 1.53. The van der Waals surface area contributed by atoms with Crippen molar-refractivity contribution in [3.05, 3.63) is 39.2 Å². The predicted molar refractivity (Wildman–Crippen MR) is 167 cm³/mol. The minimum atomic E-state index is -1.01. The maximum atomic E-state index is 14.3. The number of nitrogens with one attached hydrogen (secondary N) is 1. The van der Waals surface area contributed by atoms with Crippen molar-refractivity contribution in [2.24, 2.45) is 0 Å². The molecule has 3 unspecified atom stereocenters. The first-order chi connectivity index (χ1) is 22.9. The van der Waals surface area contributed by atoms with Crippen molar-refractivity contribution in [3.8, 4) is 23.3 Å². The van der Waals surface area contributed by atoms with Gasteiger partial charge in [0.2, 0.25) is 18.5 Å². The van der Waals surface area contributed by atoms with Crippen LogP contribution in [0.2, 0.25) is 0 Å². The van der Waals surface area contributed by atoms with Crippen molar-refractivity contribution >= 4 is 41.2 Å². The van der Waals surface area contributed by atoms with Gasteiger partial charge in [-0.05, 0) is 27.3 Å². The van der Waals surface area contributed by atoms with Crippen LogP contribution < -0.4 is 19.5 Å². The van der Waals surface area contributed by atoms with Gasteiger partial charge in [0, 0.05) is 65.1 Å². The van der Waals surface area contributed by atoms with Crippen LogP contribution in [0.3, 0.4) is 0 Å². The van der Waals surface area contributed by atoms with Gasteiger partial charge in [-0.2, -0.15) is 5.26 Å². The van der Waals surface area contributed by atoms with Gasteiger partial charge in [0.1, 0.15) is 24.4 Å². The molecule has 252 valence electrons. The molecule has 0 spiro atoms. The number of likely N-dealkylation sites (N-methyl/N-ethyl adjacent to an activating group) is 1. The molecule has 5 aliphatic heterocycles. The van der Waals surface area contributed by atoms with E-state index in [0.29, 0.717) is 39.3 Å². The average molecular weight is 679 g/mol. The lowest BCUT2D eigenvalue weighted by atomic mass is 9.68. The molecule has 48 heavy (non-hydrogen) atoms. The Bertz CT molecular complexity index is 1810. The molecule has 1 aromatic rings.